The molecule has 0 unspecified atom stereocenters. The first-order valence-corrected chi connectivity index (χ1v) is 6.04. The average Bonchev–Trinajstić information content (AvgIpc) is 2.34. The van der Waals surface area contributed by atoms with Gasteiger partial charge in [0.15, 0.2) is 0 Å². The first-order valence-electron chi connectivity index (χ1n) is 6.04. The molecular weight excluding hydrogens is 230 g/mol. The number of amides is 1. The van der Waals surface area contributed by atoms with Crippen molar-refractivity contribution >= 4 is 6.09 Å². The maximum absolute atomic E-state index is 11.4. The summed E-state index contributed by atoms with van der Waals surface area (Å²) in [7, 11) is 4.05. The van der Waals surface area contributed by atoms with E-state index in [9.17, 15) is 4.79 Å². The highest BCUT2D eigenvalue weighted by molar-refractivity contribution is 5.70. The van der Waals surface area contributed by atoms with Crippen LogP contribution in [0.1, 0.15) is 0 Å². The van der Waals surface area contributed by atoms with Crippen molar-refractivity contribution in [3.8, 4) is 5.75 Å². The van der Waals surface area contributed by atoms with E-state index in [-0.39, 0.29) is 0 Å². The Labute approximate surface area is 108 Å². The van der Waals surface area contributed by atoms with Gasteiger partial charge in [0.05, 0.1) is 0 Å². The van der Waals surface area contributed by atoms with Gasteiger partial charge >= 0.3 is 6.09 Å². The second-order valence-corrected chi connectivity index (χ2v) is 4.18. The van der Waals surface area contributed by atoms with Crippen molar-refractivity contribution in [3.05, 3.63) is 30.3 Å². The number of benzene rings is 1. The first kappa shape index (κ1) is 14.5. The lowest BCUT2D eigenvalue weighted by Crippen LogP contribution is -2.35. The summed E-state index contributed by atoms with van der Waals surface area (Å²) in [6, 6.07) is 9.01. The monoisotopic (exact) mass is 251 g/mol. The predicted octanol–water partition coefficient (Wildman–Crippen LogP) is 0.926. The summed E-state index contributed by atoms with van der Waals surface area (Å²) < 4.78 is 5.07. The zero-order valence-corrected chi connectivity index (χ0v) is 11.0. The molecule has 1 aromatic carbocycles. The van der Waals surface area contributed by atoms with Crippen molar-refractivity contribution in [2.24, 2.45) is 0 Å². The van der Waals surface area contributed by atoms with Gasteiger partial charge < -0.3 is 20.3 Å². The standard InChI is InChI=1S/C13H21N3O2/c1-16(2)11-10-14-8-9-15-13(17)18-12-6-4-3-5-7-12/h3-7,14H,8-11H2,1-2H3,(H,15,17). The molecule has 5 nitrogen and oxygen atoms in total. The molecular formula is C13H21N3O2. The van der Waals surface area contributed by atoms with Crippen LogP contribution in [0.15, 0.2) is 30.3 Å². The summed E-state index contributed by atoms with van der Waals surface area (Å²) in [5.74, 6) is 0.551. The second kappa shape index (κ2) is 8.49. The Bertz CT molecular complexity index is 341. The van der Waals surface area contributed by atoms with E-state index in [0.29, 0.717) is 12.3 Å². The van der Waals surface area contributed by atoms with Gasteiger partial charge in [0.1, 0.15) is 5.75 Å². The average molecular weight is 251 g/mol. The van der Waals surface area contributed by atoms with Gasteiger partial charge in [-0.1, -0.05) is 18.2 Å². The van der Waals surface area contributed by atoms with Crippen molar-refractivity contribution in [2.45, 2.75) is 0 Å². The van der Waals surface area contributed by atoms with Gasteiger partial charge in [0.2, 0.25) is 0 Å². The van der Waals surface area contributed by atoms with Crippen LogP contribution in [0.5, 0.6) is 5.75 Å². The number of nitrogens with one attached hydrogen (secondary N) is 2. The van der Waals surface area contributed by atoms with Crippen LogP contribution in [0.3, 0.4) is 0 Å². The van der Waals surface area contributed by atoms with E-state index in [1.54, 1.807) is 12.1 Å². The molecule has 0 saturated carbocycles. The van der Waals surface area contributed by atoms with E-state index >= 15 is 0 Å². The molecule has 0 bridgehead atoms. The predicted molar refractivity (Wildman–Crippen MR) is 71.9 cm³/mol. The largest absolute Gasteiger partial charge is 0.412 e. The van der Waals surface area contributed by atoms with Crippen LogP contribution < -0.4 is 15.4 Å². The van der Waals surface area contributed by atoms with Crippen molar-refractivity contribution in [1.82, 2.24) is 15.5 Å². The molecule has 0 spiro atoms. The van der Waals surface area contributed by atoms with Gasteiger partial charge in [-0.05, 0) is 26.2 Å². The number of rotatable bonds is 7. The fourth-order valence-electron chi connectivity index (χ4n) is 1.31. The van der Waals surface area contributed by atoms with E-state index in [1.165, 1.54) is 0 Å². The van der Waals surface area contributed by atoms with Crippen LogP contribution >= 0.6 is 0 Å². The number of hydrogen-bond donors (Lipinski definition) is 2. The van der Waals surface area contributed by atoms with E-state index < -0.39 is 6.09 Å². The molecule has 5 heteroatoms. The summed E-state index contributed by atoms with van der Waals surface area (Å²) in [5.41, 5.74) is 0. The minimum Gasteiger partial charge on any atom is -0.410 e. The summed E-state index contributed by atoms with van der Waals surface area (Å²) >= 11 is 0. The molecule has 0 aliphatic carbocycles. The number of para-hydroxylation sites is 1. The van der Waals surface area contributed by atoms with Crippen LogP contribution in [-0.2, 0) is 0 Å². The smallest absolute Gasteiger partial charge is 0.410 e. The first-order chi connectivity index (χ1) is 8.68. The quantitative estimate of drug-likeness (QED) is 0.708. The van der Waals surface area contributed by atoms with Gasteiger partial charge in [-0.25, -0.2) is 4.79 Å². The van der Waals surface area contributed by atoms with Crippen LogP contribution in [0, 0.1) is 0 Å². The second-order valence-electron chi connectivity index (χ2n) is 4.18. The third-order valence-electron chi connectivity index (χ3n) is 2.26. The minimum atomic E-state index is -0.421. The number of carbonyl (C=O) groups excluding carboxylic acids is 1. The Morgan fingerprint density at radius 2 is 1.89 bits per heavy atom. The van der Waals surface area contributed by atoms with Gasteiger partial charge in [-0.3, -0.25) is 0 Å². The van der Waals surface area contributed by atoms with Crippen molar-refractivity contribution in [1.29, 1.82) is 0 Å². The Kier molecular flexibility index (Phi) is 6.83. The van der Waals surface area contributed by atoms with E-state index in [4.69, 9.17) is 4.74 Å². The molecule has 0 atom stereocenters. The molecule has 2 N–H and O–H groups in total. The number of carbonyl (C=O) groups is 1. The van der Waals surface area contributed by atoms with Crippen molar-refractivity contribution < 1.29 is 9.53 Å². The number of likely N-dealkylation sites (N-methyl/N-ethyl adjacent to an activating group) is 1. The highest BCUT2D eigenvalue weighted by Crippen LogP contribution is 2.07. The Balaban J connectivity index is 2.04. The molecule has 0 aliphatic heterocycles. The molecule has 1 amide bonds. The van der Waals surface area contributed by atoms with Crippen LogP contribution in [0.2, 0.25) is 0 Å². The topological polar surface area (TPSA) is 53.6 Å². The lowest BCUT2D eigenvalue weighted by Gasteiger charge is -2.10. The fraction of sp³-hybridized carbons (Fsp3) is 0.462. The Morgan fingerprint density at radius 1 is 1.17 bits per heavy atom. The molecule has 0 radical (unpaired) electrons. The maximum Gasteiger partial charge on any atom is 0.412 e. The molecule has 18 heavy (non-hydrogen) atoms. The SMILES string of the molecule is CN(C)CCNCCNC(=O)Oc1ccccc1. The summed E-state index contributed by atoms with van der Waals surface area (Å²) in [5, 5.41) is 5.91. The van der Waals surface area contributed by atoms with Crippen molar-refractivity contribution in [2.75, 3.05) is 40.3 Å². The zero-order valence-electron chi connectivity index (χ0n) is 11.0. The van der Waals surface area contributed by atoms with Gasteiger partial charge in [0, 0.05) is 26.2 Å². The van der Waals surface area contributed by atoms with Crippen molar-refractivity contribution in [3.63, 3.8) is 0 Å². The van der Waals surface area contributed by atoms with Crippen LogP contribution in [0.4, 0.5) is 4.79 Å². The summed E-state index contributed by atoms with van der Waals surface area (Å²) in [6.07, 6.45) is -0.421. The lowest BCUT2D eigenvalue weighted by atomic mass is 10.3. The van der Waals surface area contributed by atoms with E-state index in [2.05, 4.69) is 15.5 Å². The molecule has 0 aliphatic rings. The number of hydrogen-bond acceptors (Lipinski definition) is 4. The Hall–Kier alpha value is -1.59. The summed E-state index contributed by atoms with van der Waals surface area (Å²) in [4.78, 5) is 13.5. The maximum atomic E-state index is 11.4. The number of ether oxygens (including phenoxy) is 1. The van der Waals surface area contributed by atoms with E-state index in [1.807, 2.05) is 32.3 Å². The van der Waals surface area contributed by atoms with E-state index in [0.717, 1.165) is 19.6 Å². The molecule has 0 aromatic heterocycles. The van der Waals surface area contributed by atoms with Gasteiger partial charge in [0.25, 0.3) is 0 Å². The Morgan fingerprint density at radius 3 is 2.56 bits per heavy atom. The van der Waals surface area contributed by atoms with Crippen LogP contribution in [-0.4, -0.2) is 51.3 Å². The van der Waals surface area contributed by atoms with Gasteiger partial charge in [-0.2, -0.15) is 0 Å². The molecule has 1 rings (SSSR count). The minimum absolute atomic E-state index is 0.421. The third-order valence-corrected chi connectivity index (χ3v) is 2.26. The fourth-order valence-corrected chi connectivity index (χ4v) is 1.31. The lowest BCUT2D eigenvalue weighted by molar-refractivity contribution is 0.200. The molecule has 1 aromatic rings. The third kappa shape index (κ3) is 6.88. The molecule has 0 saturated heterocycles. The summed E-state index contributed by atoms with van der Waals surface area (Å²) in [6.45, 7) is 3.17. The normalized spacial score (nSPS) is 10.4. The van der Waals surface area contributed by atoms with Gasteiger partial charge in [-0.15, -0.1) is 0 Å². The van der Waals surface area contributed by atoms with Crippen LogP contribution in [0.25, 0.3) is 0 Å². The molecule has 0 heterocycles. The molecule has 100 valence electrons. The number of nitrogens with zero attached hydrogens (tertiary/aromatic N) is 1. The highest BCUT2D eigenvalue weighted by atomic mass is 16.5. The zero-order chi connectivity index (χ0) is 13.2. The highest BCUT2D eigenvalue weighted by Gasteiger charge is 2.01. The molecule has 0 fully saturated rings.